The van der Waals surface area contributed by atoms with Crippen LogP contribution in [0.25, 0.3) is 0 Å². The molecule has 1 aromatic rings. The second kappa shape index (κ2) is 4.07. The Kier molecular flexibility index (Phi) is 2.49. The van der Waals surface area contributed by atoms with Gasteiger partial charge in [0.2, 0.25) is 0 Å². The maximum atomic E-state index is 4.49. The number of aromatic nitrogens is 3. The third-order valence-corrected chi connectivity index (χ3v) is 5.63. The Morgan fingerprint density at radius 1 is 1.11 bits per heavy atom. The van der Waals surface area contributed by atoms with Crippen molar-refractivity contribution in [3.8, 4) is 0 Å². The average Bonchev–Trinajstić information content (AvgIpc) is 2.76. The molecule has 0 saturated heterocycles. The van der Waals surface area contributed by atoms with Crippen LogP contribution in [0.2, 0.25) is 0 Å². The van der Waals surface area contributed by atoms with Crippen molar-refractivity contribution in [2.45, 2.75) is 57.9 Å². The summed E-state index contributed by atoms with van der Waals surface area (Å²) in [5.41, 5.74) is 0. The highest BCUT2D eigenvalue weighted by Crippen LogP contribution is 2.59. The van der Waals surface area contributed by atoms with E-state index in [4.69, 9.17) is 0 Å². The zero-order chi connectivity index (χ0) is 12.1. The van der Waals surface area contributed by atoms with Crippen molar-refractivity contribution in [3.63, 3.8) is 0 Å². The van der Waals surface area contributed by atoms with Crippen LogP contribution in [-0.2, 0) is 6.54 Å². The highest BCUT2D eigenvalue weighted by atomic mass is 15.3. The van der Waals surface area contributed by atoms with Crippen LogP contribution < -0.4 is 0 Å². The van der Waals surface area contributed by atoms with Crippen molar-refractivity contribution >= 4 is 0 Å². The van der Waals surface area contributed by atoms with E-state index in [0.29, 0.717) is 0 Å². The van der Waals surface area contributed by atoms with E-state index in [2.05, 4.69) is 21.7 Å². The van der Waals surface area contributed by atoms with Gasteiger partial charge in [-0.25, -0.2) is 0 Å². The van der Waals surface area contributed by atoms with E-state index in [0.717, 1.165) is 36.1 Å². The molecule has 4 saturated carbocycles. The first-order valence-corrected chi connectivity index (χ1v) is 7.72. The van der Waals surface area contributed by atoms with E-state index in [1.165, 1.54) is 44.3 Å². The molecule has 0 N–H and O–H groups in total. The lowest BCUT2D eigenvalue weighted by molar-refractivity contribution is -0.00689. The van der Waals surface area contributed by atoms with E-state index in [9.17, 15) is 0 Å². The maximum absolute atomic E-state index is 4.49. The normalized spacial score (nSPS) is 41.5. The predicted octanol–water partition coefficient (Wildman–Crippen LogP) is 3.23. The van der Waals surface area contributed by atoms with Gasteiger partial charge in [-0.05, 0) is 62.2 Å². The van der Waals surface area contributed by atoms with Crippen LogP contribution in [0.15, 0.2) is 6.33 Å². The monoisotopic (exact) mass is 245 g/mol. The predicted molar refractivity (Wildman–Crippen MR) is 70.1 cm³/mol. The van der Waals surface area contributed by atoms with Gasteiger partial charge in [0, 0.05) is 12.5 Å². The van der Waals surface area contributed by atoms with Gasteiger partial charge in [-0.3, -0.25) is 0 Å². The molecule has 0 atom stereocenters. The molecule has 0 aliphatic heterocycles. The standard InChI is InChI=1S/C15H23N3/c1-2-3-18-9-16-17-15(18)14-12-5-10-4-11(7-12)8-13(14)6-10/h9-14H,2-8H2,1H3. The Morgan fingerprint density at radius 2 is 1.78 bits per heavy atom. The highest BCUT2D eigenvalue weighted by molar-refractivity contribution is 5.10. The molecule has 18 heavy (non-hydrogen) atoms. The summed E-state index contributed by atoms with van der Waals surface area (Å²) < 4.78 is 2.33. The molecule has 3 heteroatoms. The summed E-state index contributed by atoms with van der Waals surface area (Å²) in [7, 11) is 0. The number of hydrogen-bond acceptors (Lipinski definition) is 2. The van der Waals surface area contributed by atoms with Gasteiger partial charge in [0.15, 0.2) is 0 Å². The molecule has 0 unspecified atom stereocenters. The maximum Gasteiger partial charge on any atom is 0.136 e. The highest BCUT2D eigenvalue weighted by Gasteiger charge is 2.50. The van der Waals surface area contributed by atoms with Crippen LogP contribution in [0.3, 0.4) is 0 Å². The first kappa shape index (κ1) is 11.0. The number of nitrogens with zero attached hydrogens (tertiary/aromatic N) is 3. The minimum atomic E-state index is 0.729. The van der Waals surface area contributed by atoms with Gasteiger partial charge in [-0.15, -0.1) is 10.2 Å². The molecule has 4 fully saturated rings. The number of rotatable bonds is 3. The van der Waals surface area contributed by atoms with E-state index >= 15 is 0 Å². The fourth-order valence-electron chi connectivity index (χ4n) is 5.28. The third-order valence-electron chi connectivity index (χ3n) is 5.63. The fourth-order valence-corrected chi connectivity index (χ4v) is 5.28. The van der Waals surface area contributed by atoms with Gasteiger partial charge in [-0.2, -0.15) is 0 Å². The lowest BCUT2D eigenvalue weighted by Gasteiger charge is -2.54. The fraction of sp³-hybridized carbons (Fsp3) is 0.867. The van der Waals surface area contributed by atoms with Crippen LogP contribution in [0, 0.1) is 23.7 Å². The smallest absolute Gasteiger partial charge is 0.136 e. The Morgan fingerprint density at radius 3 is 2.39 bits per heavy atom. The Balaban J connectivity index is 1.66. The van der Waals surface area contributed by atoms with E-state index in [-0.39, 0.29) is 0 Å². The molecule has 1 aromatic heterocycles. The lowest BCUT2D eigenvalue weighted by Crippen LogP contribution is -2.44. The van der Waals surface area contributed by atoms with Gasteiger partial charge in [0.25, 0.3) is 0 Å². The minimum absolute atomic E-state index is 0.729. The lowest BCUT2D eigenvalue weighted by atomic mass is 9.51. The zero-order valence-electron chi connectivity index (χ0n) is 11.3. The quantitative estimate of drug-likeness (QED) is 0.818. The zero-order valence-corrected chi connectivity index (χ0v) is 11.3. The second-order valence-electron chi connectivity index (χ2n) is 6.84. The summed E-state index contributed by atoms with van der Waals surface area (Å²) in [5, 5.41) is 8.68. The molecule has 4 aliphatic carbocycles. The Hall–Kier alpha value is -0.860. The molecule has 4 aliphatic rings. The van der Waals surface area contributed by atoms with Crippen molar-refractivity contribution in [1.29, 1.82) is 0 Å². The van der Waals surface area contributed by atoms with Gasteiger partial charge >= 0.3 is 0 Å². The topological polar surface area (TPSA) is 30.7 Å². The summed E-state index contributed by atoms with van der Waals surface area (Å²) >= 11 is 0. The van der Waals surface area contributed by atoms with E-state index in [1.807, 2.05) is 6.33 Å². The van der Waals surface area contributed by atoms with Crippen LogP contribution in [0.1, 0.15) is 57.2 Å². The van der Waals surface area contributed by atoms with E-state index < -0.39 is 0 Å². The molecule has 0 radical (unpaired) electrons. The Labute approximate surface area is 109 Å². The van der Waals surface area contributed by atoms with Crippen molar-refractivity contribution in [1.82, 2.24) is 14.8 Å². The van der Waals surface area contributed by atoms with Crippen LogP contribution in [-0.4, -0.2) is 14.8 Å². The number of hydrogen-bond donors (Lipinski definition) is 0. The van der Waals surface area contributed by atoms with Crippen LogP contribution in [0.4, 0.5) is 0 Å². The summed E-state index contributed by atoms with van der Waals surface area (Å²) in [6.45, 7) is 3.33. The van der Waals surface area contributed by atoms with Gasteiger partial charge in [0.1, 0.15) is 12.2 Å². The molecule has 0 aromatic carbocycles. The van der Waals surface area contributed by atoms with Gasteiger partial charge < -0.3 is 4.57 Å². The van der Waals surface area contributed by atoms with E-state index in [1.54, 1.807) is 0 Å². The average molecular weight is 245 g/mol. The molecule has 4 bridgehead atoms. The summed E-state index contributed by atoms with van der Waals surface area (Å²) in [5.74, 6) is 5.97. The second-order valence-corrected chi connectivity index (χ2v) is 6.84. The number of aryl methyl sites for hydroxylation is 1. The Bertz CT molecular complexity index is 409. The van der Waals surface area contributed by atoms with Gasteiger partial charge in [0.05, 0.1) is 0 Å². The van der Waals surface area contributed by atoms with Crippen molar-refractivity contribution in [2.75, 3.05) is 0 Å². The van der Waals surface area contributed by atoms with Crippen LogP contribution in [0.5, 0.6) is 0 Å². The summed E-state index contributed by atoms with van der Waals surface area (Å²) in [4.78, 5) is 0. The first-order valence-electron chi connectivity index (χ1n) is 7.72. The summed E-state index contributed by atoms with van der Waals surface area (Å²) in [6, 6.07) is 0. The third kappa shape index (κ3) is 1.55. The molecular weight excluding hydrogens is 222 g/mol. The summed E-state index contributed by atoms with van der Waals surface area (Å²) in [6.07, 6.45) is 10.5. The SMILES string of the molecule is CCCn1cnnc1C1C2CC3CC(C2)CC1C3. The molecule has 1 heterocycles. The van der Waals surface area contributed by atoms with Gasteiger partial charge in [-0.1, -0.05) is 6.92 Å². The molecule has 0 amide bonds. The minimum Gasteiger partial charge on any atom is -0.317 e. The van der Waals surface area contributed by atoms with Crippen molar-refractivity contribution < 1.29 is 0 Å². The molecule has 0 spiro atoms. The van der Waals surface area contributed by atoms with Crippen LogP contribution >= 0.6 is 0 Å². The first-order chi connectivity index (χ1) is 8.85. The molecule has 5 rings (SSSR count). The van der Waals surface area contributed by atoms with Crippen molar-refractivity contribution in [3.05, 3.63) is 12.2 Å². The molecule has 98 valence electrons. The molecular formula is C15H23N3. The van der Waals surface area contributed by atoms with Crippen molar-refractivity contribution in [2.24, 2.45) is 23.7 Å². The largest absolute Gasteiger partial charge is 0.317 e. The molecule has 3 nitrogen and oxygen atoms in total.